The molecule has 0 fully saturated rings. The number of hydrogen-bond acceptors (Lipinski definition) is 2. The van der Waals surface area contributed by atoms with Gasteiger partial charge in [-0.2, -0.15) is 0 Å². The van der Waals surface area contributed by atoms with E-state index in [0.29, 0.717) is 6.42 Å². The number of aromatic nitrogens is 1. The quantitative estimate of drug-likeness (QED) is 0.773. The summed E-state index contributed by atoms with van der Waals surface area (Å²) in [6.07, 6.45) is -0.0824. The summed E-state index contributed by atoms with van der Waals surface area (Å²) in [5, 5.41) is 12.2. The first-order valence-corrected chi connectivity index (χ1v) is 7.30. The highest BCUT2D eigenvalue weighted by molar-refractivity contribution is 6.31. The number of aliphatic hydroxyl groups excluding tert-OH is 1. The van der Waals surface area contributed by atoms with E-state index in [9.17, 15) is 5.11 Å². The predicted octanol–water partition coefficient (Wildman–Crippen LogP) is 4.47. The Labute approximate surface area is 129 Å². The molecule has 2 nitrogen and oxygen atoms in total. The van der Waals surface area contributed by atoms with Gasteiger partial charge in [0.15, 0.2) is 0 Å². The Bertz CT molecular complexity index is 785. The summed E-state index contributed by atoms with van der Waals surface area (Å²) in [4.78, 5) is 4.59. The second kappa shape index (κ2) is 5.84. The molecule has 3 rings (SSSR count). The molecule has 1 atom stereocenters. The first-order valence-electron chi connectivity index (χ1n) is 6.92. The molecule has 0 radical (unpaired) electrons. The molecular formula is C18H16ClNO. The molecule has 0 amide bonds. The Kier molecular flexibility index (Phi) is 3.91. The van der Waals surface area contributed by atoms with Crippen molar-refractivity contribution in [2.24, 2.45) is 0 Å². The van der Waals surface area contributed by atoms with Crippen LogP contribution in [0.4, 0.5) is 0 Å². The third-order valence-corrected chi connectivity index (χ3v) is 4.05. The number of nitrogens with zero attached hydrogens (tertiary/aromatic N) is 1. The molecule has 0 aliphatic rings. The molecule has 106 valence electrons. The zero-order valence-electron chi connectivity index (χ0n) is 11.8. The summed E-state index contributed by atoms with van der Waals surface area (Å²) in [6, 6.07) is 17.6. The van der Waals surface area contributed by atoms with Crippen LogP contribution in [-0.2, 0) is 6.42 Å². The molecule has 1 N–H and O–H groups in total. The van der Waals surface area contributed by atoms with Gasteiger partial charge in [0.25, 0.3) is 0 Å². The zero-order valence-corrected chi connectivity index (χ0v) is 12.5. The number of para-hydroxylation sites is 1. The number of aliphatic hydroxyl groups is 1. The van der Waals surface area contributed by atoms with Crippen molar-refractivity contribution < 1.29 is 5.11 Å². The van der Waals surface area contributed by atoms with Gasteiger partial charge in [0, 0.05) is 22.5 Å². The van der Waals surface area contributed by atoms with Crippen LogP contribution in [0.1, 0.15) is 22.9 Å². The monoisotopic (exact) mass is 297 g/mol. The van der Waals surface area contributed by atoms with Crippen LogP contribution in [0.15, 0.2) is 54.6 Å². The van der Waals surface area contributed by atoms with E-state index in [1.165, 1.54) is 0 Å². The molecule has 1 unspecified atom stereocenters. The Morgan fingerprint density at radius 3 is 2.71 bits per heavy atom. The number of benzene rings is 2. The molecule has 3 heteroatoms. The van der Waals surface area contributed by atoms with Crippen molar-refractivity contribution in [1.29, 1.82) is 0 Å². The maximum absolute atomic E-state index is 10.4. The minimum atomic E-state index is -0.574. The molecule has 1 heterocycles. The van der Waals surface area contributed by atoms with E-state index < -0.39 is 6.10 Å². The smallest absolute Gasteiger partial charge is 0.0845 e. The average molecular weight is 298 g/mol. The van der Waals surface area contributed by atoms with Gasteiger partial charge in [0.05, 0.1) is 11.6 Å². The van der Waals surface area contributed by atoms with Crippen molar-refractivity contribution in [2.45, 2.75) is 19.4 Å². The van der Waals surface area contributed by atoms with Gasteiger partial charge in [-0.05, 0) is 36.2 Å². The largest absolute Gasteiger partial charge is 0.388 e. The number of aryl methyl sites for hydroxylation is 1. The van der Waals surface area contributed by atoms with Crippen LogP contribution < -0.4 is 0 Å². The third kappa shape index (κ3) is 3.07. The number of fused-ring (bicyclic) bond motifs is 1. The molecular weight excluding hydrogens is 282 g/mol. The highest BCUT2D eigenvalue weighted by Crippen LogP contribution is 2.23. The van der Waals surface area contributed by atoms with E-state index in [2.05, 4.69) is 4.98 Å². The summed E-state index contributed by atoms with van der Waals surface area (Å²) in [5.41, 5.74) is 3.68. The van der Waals surface area contributed by atoms with Crippen LogP contribution in [0.2, 0.25) is 5.02 Å². The van der Waals surface area contributed by atoms with Crippen molar-refractivity contribution in [1.82, 2.24) is 4.98 Å². The Balaban J connectivity index is 1.85. The molecule has 0 saturated heterocycles. The van der Waals surface area contributed by atoms with Gasteiger partial charge in [-0.1, -0.05) is 48.0 Å². The van der Waals surface area contributed by atoms with Crippen LogP contribution in [0.3, 0.4) is 0 Å². The molecule has 0 aliphatic carbocycles. The van der Waals surface area contributed by atoms with Crippen LogP contribution in [0, 0.1) is 6.92 Å². The lowest BCUT2D eigenvalue weighted by Crippen LogP contribution is -2.04. The summed E-state index contributed by atoms with van der Waals surface area (Å²) in [6.45, 7) is 1.94. The molecule has 0 saturated carbocycles. The van der Waals surface area contributed by atoms with Crippen LogP contribution >= 0.6 is 11.6 Å². The van der Waals surface area contributed by atoms with E-state index in [0.717, 1.165) is 32.7 Å². The van der Waals surface area contributed by atoms with Crippen molar-refractivity contribution in [2.75, 3.05) is 0 Å². The normalized spacial score (nSPS) is 12.5. The van der Waals surface area contributed by atoms with E-state index >= 15 is 0 Å². The topological polar surface area (TPSA) is 33.1 Å². The van der Waals surface area contributed by atoms with E-state index in [-0.39, 0.29) is 0 Å². The van der Waals surface area contributed by atoms with E-state index in [1.54, 1.807) is 0 Å². The van der Waals surface area contributed by atoms with Gasteiger partial charge in [-0.25, -0.2) is 0 Å². The maximum Gasteiger partial charge on any atom is 0.0845 e. The lowest BCUT2D eigenvalue weighted by atomic mass is 10.0. The molecule has 1 aromatic heterocycles. The maximum atomic E-state index is 10.4. The van der Waals surface area contributed by atoms with Gasteiger partial charge in [-0.15, -0.1) is 0 Å². The molecule has 21 heavy (non-hydrogen) atoms. The van der Waals surface area contributed by atoms with Gasteiger partial charge in [0.1, 0.15) is 0 Å². The average Bonchev–Trinajstić information content (AvgIpc) is 2.50. The first kappa shape index (κ1) is 14.1. The summed E-state index contributed by atoms with van der Waals surface area (Å²) < 4.78 is 0. The van der Waals surface area contributed by atoms with Crippen LogP contribution in [0.25, 0.3) is 10.9 Å². The lowest BCUT2D eigenvalue weighted by Gasteiger charge is -2.12. The Morgan fingerprint density at radius 1 is 1.10 bits per heavy atom. The minimum Gasteiger partial charge on any atom is -0.388 e. The van der Waals surface area contributed by atoms with Gasteiger partial charge in [0.2, 0.25) is 0 Å². The molecule has 0 aliphatic heterocycles. The van der Waals surface area contributed by atoms with Crippen molar-refractivity contribution in [3.05, 3.63) is 76.4 Å². The molecule has 0 bridgehead atoms. The zero-order chi connectivity index (χ0) is 14.8. The Hall–Kier alpha value is -1.90. The van der Waals surface area contributed by atoms with E-state index in [4.69, 9.17) is 11.6 Å². The fraction of sp³-hybridized carbons (Fsp3) is 0.167. The SMILES string of the molecule is Cc1cc(C(O)Cc2ccc3ccccc3n2)ccc1Cl. The molecule has 0 spiro atoms. The summed E-state index contributed by atoms with van der Waals surface area (Å²) in [5.74, 6) is 0. The van der Waals surface area contributed by atoms with Gasteiger partial charge in [-0.3, -0.25) is 4.98 Å². The molecule has 2 aromatic carbocycles. The van der Waals surface area contributed by atoms with Crippen molar-refractivity contribution in [3.8, 4) is 0 Å². The van der Waals surface area contributed by atoms with Crippen molar-refractivity contribution >= 4 is 22.5 Å². The first-order chi connectivity index (χ1) is 10.1. The highest BCUT2D eigenvalue weighted by Gasteiger charge is 2.11. The highest BCUT2D eigenvalue weighted by atomic mass is 35.5. The van der Waals surface area contributed by atoms with Crippen LogP contribution in [0.5, 0.6) is 0 Å². The number of hydrogen-bond donors (Lipinski definition) is 1. The minimum absolute atomic E-state index is 0.492. The predicted molar refractivity (Wildman–Crippen MR) is 86.6 cm³/mol. The molecule has 3 aromatic rings. The summed E-state index contributed by atoms with van der Waals surface area (Å²) in [7, 11) is 0. The second-order valence-electron chi connectivity index (χ2n) is 5.22. The van der Waals surface area contributed by atoms with Gasteiger partial charge < -0.3 is 5.11 Å². The van der Waals surface area contributed by atoms with Crippen molar-refractivity contribution in [3.63, 3.8) is 0 Å². The van der Waals surface area contributed by atoms with Crippen LogP contribution in [-0.4, -0.2) is 10.1 Å². The third-order valence-electron chi connectivity index (χ3n) is 3.63. The number of rotatable bonds is 3. The van der Waals surface area contributed by atoms with Gasteiger partial charge >= 0.3 is 0 Å². The number of halogens is 1. The van der Waals surface area contributed by atoms with E-state index in [1.807, 2.05) is 61.5 Å². The standard InChI is InChI=1S/C18H16ClNO/c1-12-10-14(7-9-16(12)19)18(21)11-15-8-6-13-4-2-3-5-17(13)20-15/h2-10,18,21H,11H2,1H3. The Morgan fingerprint density at radius 2 is 1.90 bits per heavy atom. The fourth-order valence-corrected chi connectivity index (χ4v) is 2.53. The fourth-order valence-electron chi connectivity index (χ4n) is 2.41. The lowest BCUT2D eigenvalue weighted by molar-refractivity contribution is 0.177. The number of pyridine rings is 1. The second-order valence-corrected chi connectivity index (χ2v) is 5.63. The summed E-state index contributed by atoms with van der Waals surface area (Å²) >= 11 is 6.02.